The molecule has 6 aliphatic heterocycles. The minimum absolute atomic E-state index is 0.0434. The predicted molar refractivity (Wildman–Crippen MR) is 226 cm³/mol. The Morgan fingerprint density at radius 1 is 0.315 bits per heavy atom. The summed E-state index contributed by atoms with van der Waals surface area (Å²) in [7, 11) is 0. The van der Waals surface area contributed by atoms with E-state index in [1.807, 2.05) is 13.8 Å². The van der Waals surface area contributed by atoms with E-state index in [1.165, 1.54) is 128 Å². The molecule has 7 aliphatic rings. The normalized spacial score (nSPS) is 30.4. The Balaban J connectivity index is 0.000000226. The van der Waals surface area contributed by atoms with Gasteiger partial charge in [-0.25, -0.2) is 0 Å². The van der Waals surface area contributed by atoms with Crippen molar-refractivity contribution in [3.05, 3.63) is 0 Å². The molecule has 6 saturated heterocycles. The van der Waals surface area contributed by atoms with Crippen LogP contribution in [0, 0.1) is 5.92 Å². The summed E-state index contributed by atoms with van der Waals surface area (Å²) in [6.45, 7) is 32.0. The smallest absolute Gasteiger partial charge is 0.0860 e. The first-order chi connectivity index (χ1) is 25.2. The summed E-state index contributed by atoms with van der Waals surface area (Å²) in [5.41, 5.74) is 0.811. The summed E-state index contributed by atoms with van der Waals surface area (Å²) in [6, 6.07) is 0. The van der Waals surface area contributed by atoms with Crippen molar-refractivity contribution in [3.8, 4) is 0 Å². The first kappa shape index (κ1) is 49.9. The summed E-state index contributed by atoms with van der Waals surface area (Å²) in [4.78, 5) is 0. The monoisotopic (exact) mass is 769 g/mol. The molecule has 2 atom stereocenters. The van der Waals surface area contributed by atoms with Gasteiger partial charge in [0, 0.05) is 26.4 Å². The Morgan fingerprint density at radius 2 is 0.722 bits per heavy atom. The van der Waals surface area contributed by atoms with Gasteiger partial charge in [0.15, 0.2) is 0 Å². The fourth-order valence-corrected chi connectivity index (χ4v) is 8.07. The van der Waals surface area contributed by atoms with E-state index in [4.69, 9.17) is 33.2 Å². The van der Waals surface area contributed by atoms with Crippen LogP contribution in [0.3, 0.4) is 0 Å². The summed E-state index contributed by atoms with van der Waals surface area (Å²) >= 11 is 0. The average Bonchev–Trinajstić information content (AvgIpc) is 3.37. The maximum Gasteiger partial charge on any atom is 0.0860 e. The van der Waals surface area contributed by atoms with Crippen LogP contribution in [0.2, 0.25) is 0 Å². The van der Waals surface area contributed by atoms with E-state index in [0.717, 1.165) is 52.2 Å². The van der Waals surface area contributed by atoms with Crippen LogP contribution in [-0.2, 0) is 33.2 Å². The molecule has 0 aromatic carbocycles. The van der Waals surface area contributed by atoms with Crippen molar-refractivity contribution < 1.29 is 33.2 Å². The van der Waals surface area contributed by atoms with Crippen molar-refractivity contribution >= 4 is 0 Å². The lowest BCUT2D eigenvalue weighted by atomic mass is 9.78. The topological polar surface area (TPSA) is 64.6 Å². The van der Waals surface area contributed by atoms with Crippen molar-refractivity contribution in [3.63, 3.8) is 0 Å². The molecule has 0 bridgehead atoms. The van der Waals surface area contributed by atoms with Gasteiger partial charge in [-0.2, -0.15) is 0 Å². The first-order valence-electron chi connectivity index (χ1n) is 22.7. The molecule has 7 nitrogen and oxygen atoms in total. The van der Waals surface area contributed by atoms with Gasteiger partial charge in [-0.05, 0) is 172 Å². The van der Waals surface area contributed by atoms with Gasteiger partial charge < -0.3 is 33.2 Å². The fraction of sp³-hybridized carbons (Fsp3) is 1.00. The zero-order valence-corrected chi connectivity index (χ0v) is 38.1. The summed E-state index contributed by atoms with van der Waals surface area (Å²) < 4.78 is 38.6. The first-order valence-corrected chi connectivity index (χ1v) is 22.7. The maximum absolute atomic E-state index is 6.08. The lowest BCUT2D eigenvalue weighted by Gasteiger charge is -2.43. The molecular weight excluding hydrogens is 677 g/mol. The number of hydrogen-bond acceptors (Lipinski definition) is 7. The van der Waals surface area contributed by atoms with E-state index in [-0.39, 0.29) is 33.6 Å². The van der Waals surface area contributed by atoms with Crippen LogP contribution >= 0.6 is 0 Å². The molecule has 7 fully saturated rings. The van der Waals surface area contributed by atoms with Gasteiger partial charge in [-0.15, -0.1) is 0 Å². The van der Waals surface area contributed by atoms with E-state index in [2.05, 4.69) is 69.2 Å². The Kier molecular flexibility index (Phi) is 22.7. The lowest BCUT2D eigenvalue weighted by molar-refractivity contribution is -0.146. The third-order valence-corrected chi connectivity index (χ3v) is 11.8. The number of hydrogen-bond donors (Lipinski definition) is 0. The molecule has 7 heteroatoms. The Morgan fingerprint density at radius 3 is 1.15 bits per heavy atom. The second kappa shape index (κ2) is 24.6. The third-order valence-electron chi connectivity index (χ3n) is 11.8. The van der Waals surface area contributed by atoms with E-state index in [9.17, 15) is 0 Å². The summed E-state index contributed by atoms with van der Waals surface area (Å²) in [5, 5.41) is 0. The summed E-state index contributed by atoms with van der Waals surface area (Å²) in [6.07, 6.45) is 26.9. The van der Waals surface area contributed by atoms with E-state index < -0.39 is 0 Å². The van der Waals surface area contributed by atoms with Gasteiger partial charge in [-0.1, -0.05) is 44.9 Å². The summed E-state index contributed by atoms with van der Waals surface area (Å²) in [5.74, 6) is 0.895. The van der Waals surface area contributed by atoms with E-state index in [0.29, 0.717) is 6.10 Å². The predicted octanol–water partition coefficient (Wildman–Crippen LogP) is 12.6. The second-order valence-electron chi connectivity index (χ2n) is 20.6. The van der Waals surface area contributed by atoms with Crippen molar-refractivity contribution in [2.45, 2.75) is 251 Å². The van der Waals surface area contributed by atoms with Crippen LogP contribution in [0.15, 0.2) is 0 Å². The third kappa shape index (κ3) is 24.5. The van der Waals surface area contributed by atoms with Crippen LogP contribution in [-0.4, -0.2) is 86.0 Å². The van der Waals surface area contributed by atoms with Crippen molar-refractivity contribution in [2.75, 3.05) is 46.2 Å². The van der Waals surface area contributed by atoms with Crippen LogP contribution in [0.4, 0.5) is 0 Å². The van der Waals surface area contributed by atoms with Gasteiger partial charge in [0.1, 0.15) is 0 Å². The number of rotatable bonds is 0. The quantitative estimate of drug-likeness (QED) is 0.243. The molecule has 0 N–H and O–H groups in total. The Labute approximate surface area is 335 Å². The fourth-order valence-electron chi connectivity index (χ4n) is 8.07. The highest BCUT2D eigenvalue weighted by molar-refractivity contribution is 4.86. The maximum atomic E-state index is 6.08. The van der Waals surface area contributed by atoms with E-state index >= 15 is 0 Å². The molecular formula is C47H92O7. The molecule has 6 heterocycles. The molecule has 2 unspecified atom stereocenters. The van der Waals surface area contributed by atoms with Gasteiger partial charge in [0.2, 0.25) is 0 Å². The molecule has 0 radical (unpaired) electrons. The van der Waals surface area contributed by atoms with Crippen LogP contribution in [0.5, 0.6) is 0 Å². The van der Waals surface area contributed by atoms with E-state index in [1.54, 1.807) is 0 Å². The number of ether oxygens (including phenoxy) is 7. The lowest BCUT2D eigenvalue weighted by Crippen LogP contribution is -2.42. The molecule has 1 saturated carbocycles. The van der Waals surface area contributed by atoms with Crippen LogP contribution in [0.1, 0.15) is 212 Å². The zero-order valence-electron chi connectivity index (χ0n) is 38.1. The SMILES string of the molecule is CC1(C)CCC2CCCCC2O1.CC1(C)CCCCCCO1.CC1(C)CCCCCO1.CC1(C)CCCCO1.CC1(C)CCCO1.CC1(C)COCCO1. The van der Waals surface area contributed by atoms with Gasteiger partial charge in [-0.3, -0.25) is 0 Å². The van der Waals surface area contributed by atoms with Gasteiger partial charge in [0.05, 0.1) is 59.5 Å². The highest BCUT2D eigenvalue weighted by Crippen LogP contribution is 2.39. The molecule has 54 heavy (non-hydrogen) atoms. The Bertz CT molecular complexity index is 890. The van der Waals surface area contributed by atoms with Crippen LogP contribution in [0.25, 0.3) is 0 Å². The second-order valence-corrected chi connectivity index (χ2v) is 20.6. The molecule has 0 aromatic rings. The molecule has 0 spiro atoms. The largest absolute Gasteiger partial charge is 0.376 e. The van der Waals surface area contributed by atoms with Crippen molar-refractivity contribution in [2.24, 2.45) is 5.92 Å². The highest BCUT2D eigenvalue weighted by atomic mass is 16.6. The van der Waals surface area contributed by atoms with Crippen molar-refractivity contribution in [1.29, 1.82) is 0 Å². The minimum Gasteiger partial charge on any atom is -0.376 e. The molecule has 0 amide bonds. The highest BCUT2D eigenvalue weighted by Gasteiger charge is 2.36. The minimum atomic E-state index is -0.0434. The van der Waals surface area contributed by atoms with Crippen molar-refractivity contribution in [1.82, 2.24) is 0 Å². The van der Waals surface area contributed by atoms with Gasteiger partial charge >= 0.3 is 0 Å². The Hall–Kier alpha value is -0.280. The molecule has 1 aliphatic carbocycles. The number of fused-ring (bicyclic) bond motifs is 1. The standard InChI is InChI=1S/C11H20O.C9H18O.C8H16O.C7H14O.C6H12O2.C6H12O/c1-11(2)8-7-9-5-3-4-6-10(9)12-11;1-9(2)7-5-3-4-6-8-10-9;1-8(2)6-4-3-5-7-9-8;1-7(2)5-3-4-6-8-7;1-6(2)5-7-3-4-8-6;1-6(2)4-3-5-7-6/h9-10H,3-8H2,1-2H3;3-8H2,1-2H3;3-7H2,1-2H3;3-6H2,1-2H3;3-5H2,1-2H3;3-5H2,1-2H3. The zero-order chi connectivity index (χ0) is 40.2. The molecule has 0 aromatic heterocycles. The van der Waals surface area contributed by atoms with Crippen LogP contribution < -0.4 is 0 Å². The average molecular weight is 769 g/mol. The molecule has 7 rings (SSSR count). The van der Waals surface area contributed by atoms with Gasteiger partial charge in [0.25, 0.3) is 0 Å². The molecule has 322 valence electrons.